The lowest BCUT2D eigenvalue weighted by Crippen LogP contribution is -2.41. The Labute approximate surface area is 145 Å². The molecule has 0 aromatic heterocycles. The minimum atomic E-state index is 0. The number of amides is 1. The zero-order valence-electron chi connectivity index (χ0n) is 12.9. The molecular formula is C15H29IN4O. The molecule has 0 unspecified atom stereocenters. The number of nitrogens with one attached hydrogen (secondary N) is 1. The molecule has 1 heterocycles. The number of aliphatic imine (C=N–C) groups is 1. The van der Waals surface area contributed by atoms with Crippen LogP contribution < -0.4 is 11.1 Å². The predicted octanol–water partition coefficient (Wildman–Crippen LogP) is 2.24. The van der Waals surface area contributed by atoms with Crippen molar-refractivity contribution in [3.05, 3.63) is 0 Å². The van der Waals surface area contributed by atoms with Gasteiger partial charge in [-0.05, 0) is 32.1 Å². The van der Waals surface area contributed by atoms with Crippen molar-refractivity contribution in [2.75, 3.05) is 19.6 Å². The van der Waals surface area contributed by atoms with Crippen molar-refractivity contribution in [2.45, 2.75) is 63.8 Å². The smallest absolute Gasteiger partial charge is 0.244 e. The van der Waals surface area contributed by atoms with Crippen LogP contribution in [0.3, 0.4) is 0 Å². The molecule has 2 aliphatic rings. The van der Waals surface area contributed by atoms with Crippen LogP contribution in [-0.2, 0) is 4.79 Å². The third-order valence-corrected chi connectivity index (χ3v) is 4.30. The van der Waals surface area contributed by atoms with Crippen LogP contribution in [0, 0.1) is 0 Å². The van der Waals surface area contributed by atoms with Gasteiger partial charge in [-0.15, -0.1) is 24.0 Å². The van der Waals surface area contributed by atoms with Crippen molar-refractivity contribution in [3.63, 3.8) is 0 Å². The summed E-state index contributed by atoms with van der Waals surface area (Å²) in [5.74, 6) is 0.539. The number of carbonyl (C=O) groups is 1. The van der Waals surface area contributed by atoms with Crippen LogP contribution in [0.25, 0.3) is 0 Å². The van der Waals surface area contributed by atoms with Crippen molar-refractivity contribution in [1.82, 2.24) is 10.2 Å². The van der Waals surface area contributed by atoms with Crippen LogP contribution in [0.4, 0.5) is 0 Å². The molecule has 0 spiro atoms. The van der Waals surface area contributed by atoms with E-state index in [4.69, 9.17) is 5.73 Å². The molecule has 1 amide bonds. The number of hydrogen-bond acceptors (Lipinski definition) is 2. The molecule has 2 fully saturated rings. The SMILES string of the molecule is I.NC(=NCC(=O)N1CCCCC1)NC1CCCCCC1. The Morgan fingerprint density at radius 1 is 1.05 bits per heavy atom. The van der Waals surface area contributed by atoms with Gasteiger partial charge in [0, 0.05) is 19.1 Å². The molecule has 6 heteroatoms. The Morgan fingerprint density at radius 2 is 1.62 bits per heavy atom. The highest BCUT2D eigenvalue weighted by atomic mass is 127. The van der Waals surface area contributed by atoms with Gasteiger partial charge >= 0.3 is 0 Å². The van der Waals surface area contributed by atoms with Gasteiger partial charge in [0.1, 0.15) is 6.54 Å². The monoisotopic (exact) mass is 408 g/mol. The molecule has 3 N–H and O–H groups in total. The van der Waals surface area contributed by atoms with Gasteiger partial charge in [-0.2, -0.15) is 0 Å². The van der Waals surface area contributed by atoms with Crippen molar-refractivity contribution in [3.8, 4) is 0 Å². The first-order valence-electron chi connectivity index (χ1n) is 8.10. The van der Waals surface area contributed by atoms with Crippen molar-refractivity contribution in [1.29, 1.82) is 0 Å². The first kappa shape index (κ1) is 18.5. The Morgan fingerprint density at radius 3 is 2.24 bits per heavy atom. The molecule has 1 saturated heterocycles. The number of likely N-dealkylation sites (tertiary alicyclic amines) is 1. The van der Waals surface area contributed by atoms with Gasteiger partial charge in [-0.1, -0.05) is 25.7 Å². The number of carbonyl (C=O) groups excluding carboxylic acids is 1. The lowest BCUT2D eigenvalue weighted by molar-refractivity contribution is -0.130. The Hall–Kier alpha value is -0.530. The van der Waals surface area contributed by atoms with Gasteiger partial charge in [0.15, 0.2) is 5.96 Å². The second-order valence-electron chi connectivity index (χ2n) is 5.98. The predicted molar refractivity (Wildman–Crippen MR) is 97.0 cm³/mol. The second kappa shape index (κ2) is 10.2. The number of piperidine rings is 1. The molecule has 122 valence electrons. The fourth-order valence-corrected chi connectivity index (χ4v) is 3.07. The van der Waals surface area contributed by atoms with Gasteiger partial charge in [-0.25, -0.2) is 4.99 Å². The number of halogens is 1. The number of hydrogen-bond donors (Lipinski definition) is 2. The number of nitrogens with two attached hydrogens (primary N) is 1. The molecule has 21 heavy (non-hydrogen) atoms. The number of guanidine groups is 1. The summed E-state index contributed by atoms with van der Waals surface area (Å²) in [5, 5.41) is 3.27. The first-order valence-corrected chi connectivity index (χ1v) is 8.10. The summed E-state index contributed by atoms with van der Waals surface area (Å²) in [5.41, 5.74) is 5.90. The average Bonchev–Trinajstić information content (AvgIpc) is 2.74. The molecule has 5 nitrogen and oxygen atoms in total. The van der Waals surface area contributed by atoms with E-state index >= 15 is 0 Å². The van der Waals surface area contributed by atoms with Crippen LogP contribution in [0.1, 0.15) is 57.8 Å². The van der Waals surface area contributed by atoms with Gasteiger partial charge in [0.2, 0.25) is 5.91 Å². The van der Waals surface area contributed by atoms with Crippen LogP contribution in [0.5, 0.6) is 0 Å². The average molecular weight is 408 g/mol. The summed E-state index contributed by atoms with van der Waals surface area (Å²) in [6.45, 7) is 1.94. The highest BCUT2D eigenvalue weighted by Gasteiger charge is 2.16. The number of nitrogens with zero attached hydrogens (tertiary/aromatic N) is 2. The Bertz CT molecular complexity index is 335. The fourth-order valence-electron chi connectivity index (χ4n) is 3.07. The van der Waals surface area contributed by atoms with E-state index in [0.717, 1.165) is 38.8 Å². The molecule has 0 atom stereocenters. The van der Waals surface area contributed by atoms with E-state index < -0.39 is 0 Å². The second-order valence-corrected chi connectivity index (χ2v) is 5.98. The molecule has 0 bridgehead atoms. The van der Waals surface area contributed by atoms with Crippen LogP contribution in [0.2, 0.25) is 0 Å². The van der Waals surface area contributed by atoms with Gasteiger partial charge < -0.3 is 16.0 Å². The Balaban J connectivity index is 0.00000220. The summed E-state index contributed by atoms with van der Waals surface area (Å²) in [4.78, 5) is 18.1. The van der Waals surface area contributed by atoms with E-state index in [-0.39, 0.29) is 36.4 Å². The molecule has 1 aliphatic carbocycles. The van der Waals surface area contributed by atoms with E-state index in [1.165, 1.54) is 32.1 Å². The molecule has 2 rings (SSSR count). The van der Waals surface area contributed by atoms with E-state index in [0.29, 0.717) is 12.0 Å². The molecule has 0 aromatic carbocycles. The molecule has 0 radical (unpaired) electrons. The van der Waals surface area contributed by atoms with Crippen LogP contribution in [-0.4, -0.2) is 42.4 Å². The largest absolute Gasteiger partial charge is 0.370 e. The van der Waals surface area contributed by atoms with Crippen molar-refractivity contribution >= 4 is 35.8 Å². The highest BCUT2D eigenvalue weighted by Crippen LogP contribution is 2.16. The topological polar surface area (TPSA) is 70.7 Å². The maximum Gasteiger partial charge on any atom is 0.244 e. The summed E-state index contributed by atoms with van der Waals surface area (Å²) in [7, 11) is 0. The Kier molecular flexibility index (Phi) is 9.03. The van der Waals surface area contributed by atoms with E-state index in [1.807, 2.05) is 4.90 Å². The van der Waals surface area contributed by atoms with Gasteiger partial charge in [-0.3, -0.25) is 4.79 Å². The molecule has 1 aliphatic heterocycles. The zero-order chi connectivity index (χ0) is 14.2. The van der Waals surface area contributed by atoms with E-state index in [1.54, 1.807) is 0 Å². The van der Waals surface area contributed by atoms with Crippen molar-refractivity contribution in [2.24, 2.45) is 10.7 Å². The lowest BCUT2D eigenvalue weighted by atomic mass is 10.1. The minimum Gasteiger partial charge on any atom is -0.370 e. The summed E-state index contributed by atoms with van der Waals surface area (Å²) in [6.07, 6.45) is 11.0. The minimum absolute atomic E-state index is 0. The summed E-state index contributed by atoms with van der Waals surface area (Å²) in [6, 6.07) is 0.436. The van der Waals surface area contributed by atoms with Crippen LogP contribution >= 0.6 is 24.0 Å². The first-order chi connectivity index (χ1) is 9.75. The molecule has 1 saturated carbocycles. The zero-order valence-corrected chi connectivity index (χ0v) is 15.2. The maximum atomic E-state index is 12.0. The third-order valence-electron chi connectivity index (χ3n) is 4.30. The highest BCUT2D eigenvalue weighted by molar-refractivity contribution is 14.0. The van der Waals surface area contributed by atoms with Gasteiger partial charge in [0.05, 0.1) is 0 Å². The standard InChI is InChI=1S/C15H28N4O.HI/c16-15(18-13-8-4-1-2-5-9-13)17-12-14(20)19-10-6-3-7-11-19;/h13H,1-12H2,(H3,16,17,18);1H. The summed E-state index contributed by atoms with van der Waals surface area (Å²) < 4.78 is 0. The fraction of sp³-hybridized carbons (Fsp3) is 0.867. The van der Waals surface area contributed by atoms with Crippen molar-refractivity contribution < 1.29 is 4.79 Å². The normalized spacial score (nSPS) is 21.3. The van der Waals surface area contributed by atoms with E-state index in [9.17, 15) is 4.79 Å². The lowest BCUT2D eigenvalue weighted by Gasteiger charge is -2.26. The molecule has 0 aromatic rings. The third kappa shape index (κ3) is 6.84. The maximum absolute atomic E-state index is 12.0. The quantitative estimate of drug-likeness (QED) is 0.326. The van der Waals surface area contributed by atoms with E-state index in [2.05, 4.69) is 10.3 Å². The number of rotatable bonds is 3. The molecular weight excluding hydrogens is 379 g/mol. The van der Waals surface area contributed by atoms with Gasteiger partial charge in [0.25, 0.3) is 0 Å². The van der Waals surface area contributed by atoms with Crippen LogP contribution in [0.15, 0.2) is 4.99 Å². The summed E-state index contributed by atoms with van der Waals surface area (Å²) >= 11 is 0.